The molecule has 20 heavy (non-hydrogen) atoms. The van der Waals surface area contributed by atoms with E-state index < -0.39 is 0 Å². The first-order valence-corrected chi connectivity index (χ1v) is 8.72. The molecule has 1 saturated heterocycles. The van der Waals surface area contributed by atoms with Crippen LogP contribution in [0.2, 0.25) is 0 Å². The van der Waals surface area contributed by atoms with Crippen molar-refractivity contribution in [3.63, 3.8) is 0 Å². The number of nitrogens with zero attached hydrogens (tertiary/aromatic N) is 1. The van der Waals surface area contributed by atoms with Crippen molar-refractivity contribution in [1.29, 1.82) is 0 Å². The summed E-state index contributed by atoms with van der Waals surface area (Å²) in [5, 5.41) is 0. The number of hydrogen-bond acceptors (Lipinski definition) is 3. The van der Waals surface area contributed by atoms with E-state index in [4.69, 9.17) is 5.73 Å². The van der Waals surface area contributed by atoms with Gasteiger partial charge in [-0.05, 0) is 42.9 Å². The minimum absolute atomic E-state index is 0.241. The molecule has 2 unspecified atom stereocenters. The van der Waals surface area contributed by atoms with Crippen LogP contribution in [-0.4, -0.2) is 24.0 Å². The van der Waals surface area contributed by atoms with Crippen LogP contribution in [0.1, 0.15) is 63.3 Å². The molecule has 0 spiro atoms. The van der Waals surface area contributed by atoms with E-state index in [-0.39, 0.29) is 5.41 Å². The van der Waals surface area contributed by atoms with Gasteiger partial charge >= 0.3 is 0 Å². The van der Waals surface area contributed by atoms with Crippen molar-refractivity contribution in [1.82, 2.24) is 4.90 Å². The molecule has 2 N–H and O–H groups in total. The van der Waals surface area contributed by atoms with Crippen LogP contribution < -0.4 is 5.73 Å². The number of nitrogens with two attached hydrogens (primary N) is 1. The minimum atomic E-state index is 0.241. The van der Waals surface area contributed by atoms with Crippen molar-refractivity contribution in [3.8, 4) is 0 Å². The normalized spacial score (nSPS) is 22.6. The molecular formula is C17H30N2S. The number of thiophene rings is 1. The smallest absolute Gasteiger partial charge is 0.0566 e. The molecule has 3 heteroatoms. The van der Waals surface area contributed by atoms with Crippen LogP contribution in [0.15, 0.2) is 12.1 Å². The predicted octanol–water partition coefficient (Wildman–Crippen LogP) is 4.17. The van der Waals surface area contributed by atoms with E-state index in [1.807, 2.05) is 11.3 Å². The molecular weight excluding hydrogens is 264 g/mol. The van der Waals surface area contributed by atoms with Crippen molar-refractivity contribution < 1.29 is 0 Å². The molecule has 1 aromatic heterocycles. The van der Waals surface area contributed by atoms with Crippen LogP contribution in [0.5, 0.6) is 0 Å². The zero-order chi connectivity index (χ0) is 14.9. The molecule has 0 aliphatic carbocycles. The average molecular weight is 295 g/mol. The van der Waals surface area contributed by atoms with Gasteiger partial charge in [0.25, 0.3) is 0 Å². The number of rotatable bonds is 4. The van der Waals surface area contributed by atoms with Gasteiger partial charge in [-0.25, -0.2) is 0 Å². The Kier molecular flexibility index (Phi) is 4.93. The zero-order valence-corrected chi connectivity index (χ0v) is 14.5. The first-order valence-electron chi connectivity index (χ1n) is 7.90. The summed E-state index contributed by atoms with van der Waals surface area (Å²) in [6, 6.07) is 5.71. The summed E-state index contributed by atoms with van der Waals surface area (Å²) in [4.78, 5) is 5.57. The maximum absolute atomic E-state index is 6.13. The Morgan fingerprint density at radius 2 is 2.05 bits per heavy atom. The first-order chi connectivity index (χ1) is 9.34. The molecule has 1 aromatic rings. The van der Waals surface area contributed by atoms with E-state index in [9.17, 15) is 0 Å². The van der Waals surface area contributed by atoms with Crippen molar-refractivity contribution >= 4 is 11.3 Å². The molecule has 2 rings (SSSR count). The lowest BCUT2D eigenvalue weighted by molar-refractivity contribution is 0.151. The van der Waals surface area contributed by atoms with E-state index in [1.54, 1.807) is 0 Å². The summed E-state index contributed by atoms with van der Waals surface area (Å²) in [6.45, 7) is 13.5. The molecule has 1 aliphatic rings. The highest BCUT2D eigenvalue weighted by Crippen LogP contribution is 2.37. The summed E-state index contributed by atoms with van der Waals surface area (Å²) in [6.07, 6.45) is 2.64. The molecule has 0 aromatic carbocycles. The summed E-state index contributed by atoms with van der Waals surface area (Å²) < 4.78 is 0. The van der Waals surface area contributed by atoms with Crippen LogP contribution in [0.3, 0.4) is 0 Å². The van der Waals surface area contributed by atoms with Crippen molar-refractivity contribution in [2.45, 2.75) is 65.0 Å². The van der Waals surface area contributed by atoms with Gasteiger partial charge in [-0.3, -0.25) is 4.90 Å². The fraction of sp³-hybridized carbons (Fsp3) is 0.765. The predicted molar refractivity (Wildman–Crippen MR) is 89.4 cm³/mol. The largest absolute Gasteiger partial charge is 0.329 e. The quantitative estimate of drug-likeness (QED) is 0.903. The zero-order valence-electron chi connectivity index (χ0n) is 13.6. The van der Waals surface area contributed by atoms with Crippen molar-refractivity contribution in [3.05, 3.63) is 21.9 Å². The lowest BCUT2D eigenvalue weighted by Gasteiger charge is -2.34. The van der Waals surface area contributed by atoms with Crippen LogP contribution in [-0.2, 0) is 5.41 Å². The van der Waals surface area contributed by atoms with Gasteiger partial charge in [0.2, 0.25) is 0 Å². The Morgan fingerprint density at radius 3 is 2.55 bits per heavy atom. The Morgan fingerprint density at radius 1 is 1.35 bits per heavy atom. The van der Waals surface area contributed by atoms with Crippen LogP contribution in [0, 0.1) is 5.92 Å². The van der Waals surface area contributed by atoms with E-state index in [0.29, 0.717) is 18.0 Å². The molecule has 0 saturated carbocycles. The highest BCUT2D eigenvalue weighted by atomic mass is 32.1. The van der Waals surface area contributed by atoms with Gasteiger partial charge in [0.05, 0.1) is 6.04 Å². The lowest BCUT2D eigenvalue weighted by Crippen LogP contribution is -2.39. The van der Waals surface area contributed by atoms with Gasteiger partial charge in [-0.1, -0.05) is 34.6 Å². The Bertz CT molecular complexity index is 430. The Balaban J connectivity index is 2.22. The SMILES string of the molecule is CC(C)C1CCCN1C(CN)c1ccc(C(C)(C)C)s1. The van der Waals surface area contributed by atoms with Gasteiger partial charge in [0.1, 0.15) is 0 Å². The average Bonchev–Trinajstić information content (AvgIpc) is 2.97. The Labute approximate surface area is 128 Å². The number of hydrogen-bond donors (Lipinski definition) is 1. The monoisotopic (exact) mass is 294 g/mol. The topological polar surface area (TPSA) is 29.3 Å². The third kappa shape index (κ3) is 3.26. The van der Waals surface area contributed by atoms with Gasteiger partial charge in [-0.2, -0.15) is 0 Å². The van der Waals surface area contributed by atoms with Crippen LogP contribution in [0.25, 0.3) is 0 Å². The molecule has 1 aliphatic heterocycles. The second-order valence-corrected chi connectivity index (χ2v) is 8.51. The Hall–Kier alpha value is -0.380. The van der Waals surface area contributed by atoms with E-state index in [2.05, 4.69) is 51.7 Å². The maximum atomic E-state index is 6.13. The van der Waals surface area contributed by atoms with Gasteiger partial charge < -0.3 is 5.73 Å². The third-order valence-electron chi connectivity index (χ3n) is 4.43. The summed E-state index contributed by atoms with van der Waals surface area (Å²) in [5.74, 6) is 0.716. The van der Waals surface area contributed by atoms with E-state index in [0.717, 1.165) is 6.54 Å². The van der Waals surface area contributed by atoms with Crippen molar-refractivity contribution in [2.24, 2.45) is 11.7 Å². The van der Waals surface area contributed by atoms with Crippen molar-refractivity contribution in [2.75, 3.05) is 13.1 Å². The first kappa shape index (κ1) is 16.0. The fourth-order valence-electron chi connectivity index (χ4n) is 3.27. The molecule has 0 radical (unpaired) electrons. The second-order valence-electron chi connectivity index (χ2n) is 7.39. The minimum Gasteiger partial charge on any atom is -0.329 e. The standard InChI is InChI=1S/C17H30N2S/c1-12(2)13-7-6-10-19(13)14(11-18)15-8-9-16(20-15)17(3,4)5/h8-9,12-14H,6-7,10-11,18H2,1-5H3. The van der Waals surface area contributed by atoms with Gasteiger partial charge in [0, 0.05) is 22.3 Å². The van der Waals surface area contributed by atoms with E-state index >= 15 is 0 Å². The van der Waals surface area contributed by atoms with Crippen LogP contribution >= 0.6 is 11.3 Å². The lowest BCUT2D eigenvalue weighted by atomic mass is 9.95. The van der Waals surface area contributed by atoms with E-state index in [1.165, 1.54) is 29.1 Å². The molecule has 0 bridgehead atoms. The second kappa shape index (κ2) is 6.17. The summed E-state index contributed by atoms with van der Waals surface area (Å²) >= 11 is 1.95. The molecule has 0 amide bonds. The third-order valence-corrected chi connectivity index (χ3v) is 6.04. The van der Waals surface area contributed by atoms with Crippen LogP contribution in [0.4, 0.5) is 0 Å². The molecule has 2 nitrogen and oxygen atoms in total. The van der Waals surface area contributed by atoms with Gasteiger partial charge in [-0.15, -0.1) is 11.3 Å². The maximum Gasteiger partial charge on any atom is 0.0566 e. The summed E-state index contributed by atoms with van der Waals surface area (Å²) in [5.41, 5.74) is 6.37. The summed E-state index contributed by atoms with van der Waals surface area (Å²) in [7, 11) is 0. The molecule has 114 valence electrons. The molecule has 1 fully saturated rings. The number of likely N-dealkylation sites (tertiary alicyclic amines) is 1. The van der Waals surface area contributed by atoms with Gasteiger partial charge in [0.15, 0.2) is 0 Å². The molecule has 2 atom stereocenters. The molecule has 2 heterocycles. The highest BCUT2D eigenvalue weighted by molar-refractivity contribution is 7.12. The highest BCUT2D eigenvalue weighted by Gasteiger charge is 2.33. The fourth-order valence-corrected chi connectivity index (χ4v) is 4.47.